The van der Waals surface area contributed by atoms with E-state index in [0.717, 1.165) is 48.7 Å². The highest BCUT2D eigenvalue weighted by Crippen LogP contribution is 2.54. The van der Waals surface area contributed by atoms with E-state index in [0.29, 0.717) is 6.42 Å². The monoisotopic (exact) mass is 551 g/mol. The van der Waals surface area contributed by atoms with Gasteiger partial charge in [0.25, 0.3) is 5.91 Å². The predicted molar refractivity (Wildman–Crippen MR) is 147 cm³/mol. The largest absolute Gasteiger partial charge is 0.510 e. The molecule has 2 fully saturated rings. The first-order valence-electron chi connectivity index (χ1n) is 14.0. The van der Waals surface area contributed by atoms with Crippen LogP contribution in [0.4, 0.5) is 0 Å². The molecule has 5 aliphatic rings. The molecule has 7 N–H and O–H groups in total. The molecule has 1 amide bonds. The summed E-state index contributed by atoms with van der Waals surface area (Å²) in [5.41, 5.74) is 7.62. The first-order valence-corrected chi connectivity index (χ1v) is 14.0. The minimum Gasteiger partial charge on any atom is -0.510 e. The number of rotatable bonds is 5. The van der Waals surface area contributed by atoms with E-state index in [9.17, 15) is 35.1 Å². The predicted octanol–water partition coefficient (Wildman–Crippen LogP) is 1.46. The fraction of sp³-hybridized carbons (Fsp3) is 0.533. The quantitative estimate of drug-likeness (QED) is 0.297. The van der Waals surface area contributed by atoms with Crippen LogP contribution in [0.2, 0.25) is 0 Å². The first kappa shape index (κ1) is 27.0. The van der Waals surface area contributed by atoms with Gasteiger partial charge in [-0.25, -0.2) is 0 Å². The third kappa shape index (κ3) is 4.08. The van der Waals surface area contributed by atoms with Gasteiger partial charge in [-0.2, -0.15) is 0 Å². The number of nitrogens with two attached hydrogens (primary N) is 1. The summed E-state index contributed by atoms with van der Waals surface area (Å²) in [7, 11) is 3.33. The number of benzene rings is 1. The number of aliphatic hydroxyl groups excluding tert-OH is 2. The van der Waals surface area contributed by atoms with Crippen molar-refractivity contribution in [3.63, 3.8) is 0 Å². The van der Waals surface area contributed by atoms with E-state index in [2.05, 4.69) is 11.0 Å². The lowest BCUT2D eigenvalue weighted by molar-refractivity contribution is -0.203. The lowest BCUT2D eigenvalue weighted by Crippen LogP contribution is -2.62. The summed E-state index contributed by atoms with van der Waals surface area (Å²) in [6.45, 7) is 2.89. The fourth-order valence-electron chi connectivity index (χ4n) is 7.64. The summed E-state index contributed by atoms with van der Waals surface area (Å²) in [5, 5.41) is 55.5. The number of carbonyl (C=O) groups is 2. The van der Waals surface area contributed by atoms with E-state index in [-0.39, 0.29) is 29.1 Å². The Bertz CT molecular complexity index is 1390. The summed E-state index contributed by atoms with van der Waals surface area (Å²) in [6.07, 6.45) is 6.24. The second-order valence-electron chi connectivity index (χ2n) is 12.3. The molecule has 1 aromatic rings. The van der Waals surface area contributed by atoms with Crippen LogP contribution < -0.4 is 5.73 Å². The minimum absolute atomic E-state index is 0.00428. The Hall–Kier alpha value is -3.18. The van der Waals surface area contributed by atoms with E-state index in [4.69, 9.17) is 5.73 Å². The normalized spacial score (nSPS) is 30.1. The summed E-state index contributed by atoms with van der Waals surface area (Å²) in [5.74, 6) is -8.09. The van der Waals surface area contributed by atoms with E-state index < -0.39 is 52.6 Å². The highest BCUT2D eigenvalue weighted by molar-refractivity contribution is 6.08. The summed E-state index contributed by atoms with van der Waals surface area (Å²) < 4.78 is 0. The third-order valence-corrected chi connectivity index (χ3v) is 9.57. The van der Waals surface area contributed by atoms with Gasteiger partial charge in [-0.15, -0.1) is 0 Å². The van der Waals surface area contributed by atoms with E-state index >= 15 is 0 Å². The molecule has 2 saturated carbocycles. The molecule has 0 radical (unpaired) electrons. The van der Waals surface area contributed by atoms with Crippen LogP contribution in [0.25, 0.3) is 11.3 Å². The van der Waals surface area contributed by atoms with Crippen LogP contribution >= 0.6 is 0 Å². The van der Waals surface area contributed by atoms with Crippen LogP contribution in [-0.4, -0.2) is 92.6 Å². The average molecular weight is 552 g/mol. The Kier molecular flexibility index (Phi) is 6.38. The Morgan fingerprint density at radius 1 is 1.18 bits per heavy atom. The van der Waals surface area contributed by atoms with Crippen LogP contribution in [0, 0.1) is 23.7 Å². The first-order chi connectivity index (χ1) is 18.9. The molecule has 214 valence electrons. The number of hydrogen-bond donors (Lipinski definition) is 6. The number of ketones is 1. The maximum Gasteiger partial charge on any atom is 0.253 e. The number of aromatic hydroxyl groups is 1. The van der Waals surface area contributed by atoms with Crippen LogP contribution in [0.5, 0.6) is 5.75 Å². The van der Waals surface area contributed by atoms with Crippen molar-refractivity contribution in [2.45, 2.75) is 43.9 Å². The van der Waals surface area contributed by atoms with Crippen molar-refractivity contribution in [2.24, 2.45) is 29.4 Å². The standard InChI is InChI=1S/C30H37N3O7/c1-32(2)25-19-12-16-11-18-17(15-7-9-33(10-8-15)13-14-3-4-14)5-6-20(34)22(18)26(35)21(16)27(36)23(19)30(39,40)24(28(25)37)29(31)38/h5-7,14,16,19,23,25,34-35,37,39-40H,3-4,8-13H2,1-2H3,(H2,31,38)/t16?,19-,23?,25+/m1/s1. The summed E-state index contributed by atoms with van der Waals surface area (Å²) in [6, 6.07) is 2.53. The number of allylic oxidation sites excluding steroid dienone is 1. The number of phenolic OH excluding ortho intramolecular Hbond substituents is 1. The SMILES string of the molecule is CN(C)[C@@H]1C(O)=C(C(N)=O)C(O)(O)C2C(=O)C3=C(O)c4c(O)ccc(C5=CCN(CC6CC6)CC5)c4CC3C[C@H]21. The third-order valence-electron chi connectivity index (χ3n) is 9.57. The molecule has 1 heterocycles. The number of primary amides is 1. The summed E-state index contributed by atoms with van der Waals surface area (Å²) >= 11 is 0. The van der Waals surface area contributed by atoms with Crippen molar-refractivity contribution in [3.05, 3.63) is 51.8 Å². The molecular weight excluding hydrogens is 514 g/mol. The van der Waals surface area contributed by atoms with Crippen molar-refractivity contribution in [1.29, 1.82) is 0 Å². The van der Waals surface area contributed by atoms with E-state index in [1.54, 1.807) is 19.0 Å². The van der Waals surface area contributed by atoms with Crippen LogP contribution in [-0.2, 0) is 16.0 Å². The molecule has 0 aromatic heterocycles. The molecule has 10 heteroatoms. The van der Waals surface area contributed by atoms with Gasteiger partial charge >= 0.3 is 0 Å². The van der Waals surface area contributed by atoms with Crippen molar-refractivity contribution >= 4 is 23.0 Å². The van der Waals surface area contributed by atoms with Crippen molar-refractivity contribution < 1.29 is 35.1 Å². The molecule has 0 spiro atoms. The average Bonchev–Trinajstić information content (AvgIpc) is 3.67. The number of amides is 1. The van der Waals surface area contributed by atoms with Gasteiger partial charge in [0.2, 0.25) is 5.79 Å². The van der Waals surface area contributed by atoms with Gasteiger partial charge in [0.1, 0.15) is 22.8 Å². The van der Waals surface area contributed by atoms with Gasteiger partial charge in [-0.1, -0.05) is 12.1 Å². The van der Waals surface area contributed by atoms with Gasteiger partial charge in [-0.3, -0.25) is 19.4 Å². The smallest absolute Gasteiger partial charge is 0.253 e. The Morgan fingerprint density at radius 2 is 1.90 bits per heavy atom. The second-order valence-corrected chi connectivity index (χ2v) is 12.3. The molecule has 4 aliphatic carbocycles. The number of Topliss-reactive ketones (excluding diaryl/α,β-unsaturated/α-hetero) is 1. The zero-order valence-corrected chi connectivity index (χ0v) is 22.8. The zero-order valence-electron chi connectivity index (χ0n) is 22.8. The number of fused-ring (bicyclic) bond motifs is 3. The van der Waals surface area contributed by atoms with Gasteiger partial charge < -0.3 is 31.3 Å². The maximum absolute atomic E-state index is 14.0. The van der Waals surface area contributed by atoms with Gasteiger partial charge in [0, 0.05) is 25.2 Å². The van der Waals surface area contributed by atoms with Crippen molar-refractivity contribution in [2.75, 3.05) is 33.7 Å². The van der Waals surface area contributed by atoms with Crippen LogP contribution in [0.15, 0.2) is 35.1 Å². The Labute approximate surface area is 232 Å². The Balaban J connectivity index is 1.42. The number of phenols is 1. The molecule has 2 unspecified atom stereocenters. The molecule has 0 bridgehead atoms. The maximum atomic E-state index is 14.0. The van der Waals surface area contributed by atoms with Crippen LogP contribution in [0.3, 0.4) is 0 Å². The fourth-order valence-corrected chi connectivity index (χ4v) is 7.64. The zero-order chi connectivity index (χ0) is 28.7. The lowest BCUT2D eigenvalue weighted by Gasteiger charge is -2.51. The molecule has 1 aromatic carbocycles. The van der Waals surface area contributed by atoms with E-state index in [1.807, 2.05) is 6.07 Å². The molecule has 10 nitrogen and oxygen atoms in total. The molecule has 6 rings (SSSR count). The minimum atomic E-state index is -3.02. The molecule has 40 heavy (non-hydrogen) atoms. The number of nitrogens with zero attached hydrogens (tertiary/aromatic N) is 2. The number of carbonyl (C=O) groups excluding carboxylic acids is 2. The number of hydrogen-bond acceptors (Lipinski definition) is 9. The second kappa shape index (κ2) is 9.44. The molecule has 1 aliphatic heterocycles. The number of aliphatic hydroxyl groups is 4. The van der Waals surface area contributed by atoms with E-state index in [1.165, 1.54) is 18.9 Å². The van der Waals surface area contributed by atoms with Crippen molar-refractivity contribution in [1.82, 2.24) is 9.80 Å². The lowest BCUT2D eigenvalue weighted by atomic mass is 9.57. The molecule has 4 atom stereocenters. The van der Waals surface area contributed by atoms with Gasteiger partial charge in [-0.05, 0) is 86.7 Å². The molecule has 0 saturated heterocycles. The summed E-state index contributed by atoms with van der Waals surface area (Å²) in [4.78, 5) is 30.3. The molecular formula is C30H37N3O7. The number of likely N-dealkylation sites (N-methyl/N-ethyl adjacent to an activating group) is 1. The highest BCUT2D eigenvalue weighted by Gasteiger charge is 2.62. The van der Waals surface area contributed by atoms with Gasteiger partial charge in [0.15, 0.2) is 5.78 Å². The van der Waals surface area contributed by atoms with Crippen LogP contribution in [0.1, 0.15) is 42.4 Å². The van der Waals surface area contributed by atoms with Crippen molar-refractivity contribution in [3.8, 4) is 5.75 Å². The topological polar surface area (TPSA) is 168 Å². The van der Waals surface area contributed by atoms with Gasteiger partial charge in [0.05, 0.1) is 17.5 Å². The highest BCUT2D eigenvalue weighted by atomic mass is 16.5. The Morgan fingerprint density at radius 3 is 2.50 bits per heavy atom.